The summed E-state index contributed by atoms with van der Waals surface area (Å²) in [4.78, 5) is 10.4. The zero-order valence-corrected chi connectivity index (χ0v) is 38.8. The van der Waals surface area contributed by atoms with Crippen LogP contribution in [0.1, 0.15) is 33.4 Å². The Labute approximate surface area is 402 Å². The molecular formula is C64H45N5. The number of nitrogens with zero attached hydrogens (tertiary/aromatic N) is 5. The molecule has 0 fully saturated rings. The molecule has 0 N–H and O–H groups in total. The number of benzene rings is 9. The van der Waals surface area contributed by atoms with Crippen molar-refractivity contribution in [1.82, 2.24) is 14.5 Å². The van der Waals surface area contributed by atoms with E-state index in [1.807, 2.05) is 84.9 Å². The van der Waals surface area contributed by atoms with Crippen molar-refractivity contribution in [3.05, 3.63) is 234 Å². The maximum absolute atomic E-state index is 10.4. The second-order valence-corrected chi connectivity index (χ2v) is 17.9. The Morgan fingerprint density at radius 3 is 1.29 bits per heavy atom. The van der Waals surface area contributed by atoms with Gasteiger partial charge in [0.1, 0.15) is 0 Å². The van der Waals surface area contributed by atoms with Crippen molar-refractivity contribution in [2.45, 2.75) is 27.7 Å². The highest BCUT2D eigenvalue weighted by Crippen LogP contribution is 2.46. The van der Waals surface area contributed by atoms with Crippen molar-refractivity contribution in [3.63, 3.8) is 0 Å². The molecule has 5 nitrogen and oxygen atoms in total. The van der Waals surface area contributed by atoms with Gasteiger partial charge >= 0.3 is 0 Å². The Hall–Kier alpha value is -9.16. The van der Waals surface area contributed by atoms with E-state index in [2.05, 4.69) is 160 Å². The molecule has 11 rings (SSSR count). The lowest BCUT2D eigenvalue weighted by Crippen LogP contribution is -2.03. The summed E-state index contributed by atoms with van der Waals surface area (Å²) in [6.07, 6.45) is 0. The van der Waals surface area contributed by atoms with E-state index < -0.39 is 0 Å². The third-order valence-electron chi connectivity index (χ3n) is 13.2. The van der Waals surface area contributed by atoms with Crippen LogP contribution < -0.4 is 0 Å². The first-order valence-corrected chi connectivity index (χ1v) is 23.2. The summed E-state index contributed by atoms with van der Waals surface area (Å²) in [6.45, 7) is 8.64. The molecule has 0 radical (unpaired) electrons. The average molecular weight is 884 g/mol. The van der Waals surface area contributed by atoms with Gasteiger partial charge in [0, 0.05) is 38.6 Å². The van der Waals surface area contributed by atoms with Crippen LogP contribution in [-0.2, 0) is 0 Å². The monoisotopic (exact) mass is 883 g/mol. The van der Waals surface area contributed by atoms with Crippen LogP contribution in [0, 0.1) is 50.4 Å². The predicted molar refractivity (Wildman–Crippen MR) is 283 cm³/mol. The molecule has 0 aliphatic carbocycles. The van der Waals surface area contributed by atoms with Gasteiger partial charge in [-0.25, -0.2) is 9.97 Å². The largest absolute Gasteiger partial charge is 0.308 e. The fourth-order valence-electron chi connectivity index (χ4n) is 9.92. The molecule has 9 aromatic carbocycles. The predicted octanol–water partition coefficient (Wildman–Crippen LogP) is 16.2. The smallest absolute Gasteiger partial charge is 0.160 e. The summed E-state index contributed by atoms with van der Waals surface area (Å²) < 4.78 is 2.39. The van der Waals surface area contributed by atoms with Gasteiger partial charge in [0.05, 0.1) is 51.4 Å². The van der Waals surface area contributed by atoms with Gasteiger partial charge in [0.25, 0.3) is 0 Å². The molecule has 0 saturated heterocycles. The molecule has 11 aromatic rings. The van der Waals surface area contributed by atoms with E-state index in [-0.39, 0.29) is 0 Å². The summed E-state index contributed by atoms with van der Waals surface area (Å²) in [5.41, 5.74) is 21.5. The topological polar surface area (TPSA) is 78.3 Å². The lowest BCUT2D eigenvalue weighted by Gasteiger charge is -2.22. The van der Waals surface area contributed by atoms with Crippen molar-refractivity contribution < 1.29 is 0 Å². The Morgan fingerprint density at radius 2 is 0.812 bits per heavy atom. The van der Waals surface area contributed by atoms with Crippen molar-refractivity contribution in [2.75, 3.05) is 0 Å². The maximum Gasteiger partial charge on any atom is 0.160 e. The third-order valence-corrected chi connectivity index (χ3v) is 13.2. The standard InChI is InChI=1S/C64H45N5/c1-40-21-25-53(42(3)29-40)50-23-27-61-57(33-50)58-34-51(54-26-22-41(2)30-43(54)4)24-28-62(58)69(61)63-55(48-19-11-13-44(31-48)38-65)35-52(36-56(63)49-20-12-14-45(32-49)39-66)60-37-59(46-15-7-5-8-16-46)67-64(68-60)47-17-9-6-10-18-47/h5-37H,1-4H3. The molecule has 5 heteroatoms. The first-order chi connectivity index (χ1) is 33.7. The van der Waals surface area contributed by atoms with E-state index in [4.69, 9.17) is 9.97 Å². The van der Waals surface area contributed by atoms with Gasteiger partial charge in [-0.15, -0.1) is 0 Å². The fraction of sp³-hybridized carbons (Fsp3) is 0.0625. The third kappa shape index (κ3) is 7.93. The number of hydrogen-bond acceptors (Lipinski definition) is 4. The minimum Gasteiger partial charge on any atom is -0.308 e. The molecule has 2 aromatic heterocycles. The molecule has 0 bridgehead atoms. The summed E-state index contributed by atoms with van der Waals surface area (Å²) >= 11 is 0. The number of fused-ring (bicyclic) bond motifs is 3. The Balaban J connectivity index is 1.27. The van der Waals surface area contributed by atoms with E-state index in [9.17, 15) is 10.5 Å². The summed E-state index contributed by atoms with van der Waals surface area (Å²) in [5, 5.41) is 22.9. The van der Waals surface area contributed by atoms with Gasteiger partial charge in [-0.05, 0) is 139 Å². The van der Waals surface area contributed by atoms with Gasteiger partial charge in [-0.3, -0.25) is 0 Å². The molecule has 0 unspecified atom stereocenters. The Morgan fingerprint density at radius 1 is 0.362 bits per heavy atom. The fourth-order valence-corrected chi connectivity index (χ4v) is 9.92. The first kappa shape index (κ1) is 42.5. The van der Waals surface area contributed by atoms with Crippen LogP contribution >= 0.6 is 0 Å². The minimum atomic E-state index is 0.551. The molecule has 0 saturated carbocycles. The number of aryl methyl sites for hydroxylation is 4. The van der Waals surface area contributed by atoms with Gasteiger partial charge < -0.3 is 4.57 Å². The van der Waals surface area contributed by atoms with Gasteiger partial charge in [0.15, 0.2) is 5.82 Å². The van der Waals surface area contributed by atoms with E-state index in [0.29, 0.717) is 17.0 Å². The molecule has 0 aliphatic rings. The average Bonchev–Trinajstić information content (AvgIpc) is 3.71. The van der Waals surface area contributed by atoms with E-state index >= 15 is 0 Å². The van der Waals surface area contributed by atoms with Crippen molar-refractivity contribution in [3.8, 4) is 96.2 Å². The van der Waals surface area contributed by atoms with Crippen molar-refractivity contribution >= 4 is 21.8 Å². The van der Waals surface area contributed by atoms with Crippen LogP contribution in [0.3, 0.4) is 0 Å². The van der Waals surface area contributed by atoms with Crippen LogP contribution in [0.5, 0.6) is 0 Å². The summed E-state index contributed by atoms with van der Waals surface area (Å²) in [5.74, 6) is 0.610. The molecule has 2 heterocycles. The maximum atomic E-state index is 10.4. The molecule has 326 valence electrons. The second-order valence-electron chi connectivity index (χ2n) is 17.9. The summed E-state index contributed by atoms with van der Waals surface area (Å²) in [7, 11) is 0. The number of hydrogen-bond donors (Lipinski definition) is 0. The van der Waals surface area contributed by atoms with E-state index in [1.165, 1.54) is 33.4 Å². The molecule has 69 heavy (non-hydrogen) atoms. The highest BCUT2D eigenvalue weighted by Gasteiger charge is 2.24. The van der Waals surface area contributed by atoms with Crippen LogP contribution in [-0.4, -0.2) is 14.5 Å². The van der Waals surface area contributed by atoms with Gasteiger partial charge in [-0.1, -0.05) is 145 Å². The first-order valence-electron chi connectivity index (χ1n) is 23.2. The lowest BCUT2D eigenvalue weighted by molar-refractivity contribution is 1.17. The zero-order valence-electron chi connectivity index (χ0n) is 38.8. The van der Waals surface area contributed by atoms with E-state index in [0.717, 1.165) is 89.0 Å². The van der Waals surface area contributed by atoms with Crippen molar-refractivity contribution in [1.29, 1.82) is 10.5 Å². The highest BCUT2D eigenvalue weighted by atomic mass is 15.0. The highest BCUT2D eigenvalue weighted by molar-refractivity contribution is 6.13. The number of rotatable bonds is 8. The molecule has 0 spiro atoms. The van der Waals surface area contributed by atoms with Crippen LogP contribution in [0.2, 0.25) is 0 Å². The zero-order chi connectivity index (χ0) is 47.2. The number of nitriles is 2. The van der Waals surface area contributed by atoms with Crippen LogP contribution in [0.15, 0.2) is 200 Å². The SMILES string of the molecule is Cc1ccc(-c2ccc3c(c2)c2cc(-c4ccc(C)cc4C)ccc2n3-c2c(-c3cccc(C#N)c3)cc(-c3cc(-c4ccccc4)nc(-c4ccccc4)n3)cc2-c2cccc(C#N)c2)c(C)c1. The Bertz CT molecular complexity index is 3660. The molecule has 0 aliphatic heterocycles. The van der Waals surface area contributed by atoms with Crippen LogP contribution in [0.25, 0.3) is 106 Å². The molecule has 0 amide bonds. The Kier molecular flexibility index (Phi) is 10.8. The minimum absolute atomic E-state index is 0.551. The van der Waals surface area contributed by atoms with Crippen LogP contribution in [0.4, 0.5) is 0 Å². The molecular weight excluding hydrogens is 839 g/mol. The van der Waals surface area contributed by atoms with Gasteiger partial charge in [-0.2, -0.15) is 10.5 Å². The summed E-state index contributed by atoms with van der Waals surface area (Å²) in [6, 6.07) is 74.2. The van der Waals surface area contributed by atoms with Crippen molar-refractivity contribution in [2.24, 2.45) is 0 Å². The lowest BCUT2D eigenvalue weighted by atomic mass is 9.90. The molecule has 0 atom stereocenters. The second kappa shape index (κ2) is 17.6. The van der Waals surface area contributed by atoms with Gasteiger partial charge in [0.2, 0.25) is 0 Å². The normalized spacial score (nSPS) is 11.2. The quantitative estimate of drug-likeness (QED) is 0.152. The van der Waals surface area contributed by atoms with E-state index in [1.54, 1.807) is 0 Å². The number of aromatic nitrogens is 3.